The Morgan fingerprint density at radius 3 is 1.94 bits per heavy atom. The summed E-state index contributed by atoms with van der Waals surface area (Å²) in [5, 5.41) is 0. The Bertz CT molecular complexity index is 285. The van der Waals surface area contributed by atoms with Crippen LogP contribution < -0.4 is 5.73 Å². The summed E-state index contributed by atoms with van der Waals surface area (Å²) in [5.74, 6) is 1.31. The predicted molar refractivity (Wildman–Crippen MR) is 71.9 cm³/mol. The van der Waals surface area contributed by atoms with E-state index in [1.165, 1.54) is 24.0 Å². The first-order valence-electron chi connectivity index (χ1n) is 6.52. The number of benzene rings is 1. The van der Waals surface area contributed by atoms with E-state index in [1.807, 2.05) is 0 Å². The van der Waals surface area contributed by atoms with E-state index in [2.05, 4.69) is 45.0 Å². The van der Waals surface area contributed by atoms with Crippen LogP contribution in [0.15, 0.2) is 24.3 Å². The van der Waals surface area contributed by atoms with Gasteiger partial charge in [-0.05, 0) is 48.8 Å². The van der Waals surface area contributed by atoms with Gasteiger partial charge in [-0.1, -0.05) is 45.0 Å². The van der Waals surface area contributed by atoms with Crippen LogP contribution in [0.3, 0.4) is 0 Å². The van der Waals surface area contributed by atoms with Gasteiger partial charge in [-0.2, -0.15) is 0 Å². The van der Waals surface area contributed by atoms with Gasteiger partial charge in [0, 0.05) is 0 Å². The van der Waals surface area contributed by atoms with Crippen LogP contribution in [0.2, 0.25) is 0 Å². The lowest BCUT2D eigenvalue weighted by atomic mass is 9.90. The zero-order valence-electron chi connectivity index (χ0n) is 10.9. The van der Waals surface area contributed by atoms with Crippen LogP contribution in [-0.4, -0.2) is 6.54 Å². The van der Waals surface area contributed by atoms with Crippen molar-refractivity contribution in [2.75, 3.05) is 6.54 Å². The SMILES string of the molecule is CCC(CC)c1ccc(C(C)CCN)cc1. The molecule has 1 nitrogen and oxygen atoms in total. The second kappa shape index (κ2) is 6.70. The van der Waals surface area contributed by atoms with E-state index in [0.717, 1.165) is 18.9 Å². The third kappa shape index (κ3) is 3.34. The molecule has 0 saturated carbocycles. The van der Waals surface area contributed by atoms with Gasteiger partial charge in [-0.3, -0.25) is 0 Å². The van der Waals surface area contributed by atoms with E-state index >= 15 is 0 Å². The second-order valence-electron chi connectivity index (χ2n) is 4.66. The molecule has 1 rings (SSSR count). The molecule has 0 aliphatic heterocycles. The van der Waals surface area contributed by atoms with Crippen molar-refractivity contribution < 1.29 is 0 Å². The molecule has 1 aromatic carbocycles. The Morgan fingerprint density at radius 2 is 1.50 bits per heavy atom. The summed E-state index contributed by atoms with van der Waals surface area (Å²) in [5.41, 5.74) is 8.49. The lowest BCUT2D eigenvalue weighted by Crippen LogP contribution is -2.04. The monoisotopic (exact) mass is 219 g/mol. The topological polar surface area (TPSA) is 26.0 Å². The fraction of sp³-hybridized carbons (Fsp3) is 0.600. The first-order valence-corrected chi connectivity index (χ1v) is 6.52. The molecule has 1 atom stereocenters. The smallest absolute Gasteiger partial charge is 0.00715 e. The average molecular weight is 219 g/mol. The van der Waals surface area contributed by atoms with Crippen LogP contribution in [0, 0.1) is 0 Å². The van der Waals surface area contributed by atoms with Crippen molar-refractivity contribution in [1.29, 1.82) is 0 Å². The standard InChI is InChI=1S/C15H25N/c1-4-13(5-2)15-8-6-14(7-9-15)12(3)10-11-16/h6-9,12-13H,4-5,10-11,16H2,1-3H3. The van der Waals surface area contributed by atoms with Gasteiger partial charge in [-0.15, -0.1) is 0 Å². The first-order chi connectivity index (χ1) is 7.72. The maximum Gasteiger partial charge on any atom is -0.00715 e. The highest BCUT2D eigenvalue weighted by atomic mass is 14.5. The van der Waals surface area contributed by atoms with E-state index in [4.69, 9.17) is 5.73 Å². The molecule has 0 heterocycles. The van der Waals surface area contributed by atoms with E-state index in [9.17, 15) is 0 Å². The van der Waals surface area contributed by atoms with Gasteiger partial charge in [0.25, 0.3) is 0 Å². The number of nitrogens with two attached hydrogens (primary N) is 1. The molecule has 0 aliphatic rings. The minimum Gasteiger partial charge on any atom is -0.330 e. The van der Waals surface area contributed by atoms with Crippen molar-refractivity contribution in [1.82, 2.24) is 0 Å². The first kappa shape index (κ1) is 13.2. The Kier molecular flexibility index (Phi) is 5.54. The molecule has 0 aromatic heterocycles. The van der Waals surface area contributed by atoms with Gasteiger partial charge in [0.1, 0.15) is 0 Å². The number of hydrogen-bond donors (Lipinski definition) is 1. The zero-order chi connectivity index (χ0) is 12.0. The van der Waals surface area contributed by atoms with Gasteiger partial charge in [0.15, 0.2) is 0 Å². The van der Waals surface area contributed by atoms with Gasteiger partial charge in [-0.25, -0.2) is 0 Å². The molecule has 0 spiro atoms. The van der Waals surface area contributed by atoms with Crippen LogP contribution in [0.25, 0.3) is 0 Å². The molecule has 0 bridgehead atoms. The molecular weight excluding hydrogens is 194 g/mol. The summed E-state index contributed by atoms with van der Waals surface area (Å²) >= 11 is 0. The van der Waals surface area contributed by atoms with Crippen molar-refractivity contribution in [3.8, 4) is 0 Å². The van der Waals surface area contributed by atoms with Crippen molar-refractivity contribution in [2.45, 2.75) is 51.9 Å². The van der Waals surface area contributed by atoms with Crippen molar-refractivity contribution in [3.05, 3.63) is 35.4 Å². The van der Waals surface area contributed by atoms with Crippen LogP contribution >= 0.6 is 0 Å². The van der Waals surface area contributed by atoms with Crippen LogP contribution in [-0.2, 0) is 0 Å². The molecular formula is C15H25N. The molecule has 0 fully saturated rings. The maximum atomic E-state index is 5.59. The van der Waals surface area contributed by atoms with E-state index in [-0.39, 0.29) is 0 Å². The Morgan fingerprint density at radius 1 is 1.00 bits per heavy atom. The molecule has 0 radical (unpaired) electrons. The maximum absolute atomic E-state index is 5.59. The molecule has 0 aliphatic carbocycles. The van der Waals surface area contributed by atoms with Crippen molar-refractivity contribution >= 4 is 0 Å². The minimum absolute atomic E-state index is 0.584. The second-order valence-corrected chi connectivity index (χ2v) is 4.66. The van der Waals surface area contributed by atoms with Gasteiger partial charge < -0.3 is 5.73 Å². The van der Waals surface area contributed by atoms with E-state index < -0.39 is 0 Å². The highest BCUT2D eigenvalue weighted by Crippen LogP contribution is 2.25. The third-order valence-electron chi connectivity index (χ3n) is 3.56. The lowest BCUT2D eigenvalue weighted by molar-refractivity contribution is 0.639. The van der Waals surface area contributed by atoms with E-state index in [1.54, 1.807) is 0 Å². The molecule has 0 amide bonds. The van der Waals surface area contributed by atoms with Gasteiger partial charge in [0.2, 0.25) is 0 Å². The lowest BCUT2D eigenvalue weighted by Gasteiger charge is -2.15. The number of hydrogen-bond acceptors (Lipinski definition) is 1. The van der Waals surface area contributed by atoms with Crippen LogP contribution in [0.1, 0.15) is 63.0 Å². The normalized spacial score (nSPS) is 13.1. The minimum atomic E-state index is 0.584. The summed E-state index contributed by atoms with van der Waals surface area (Å²) in [6, 6.07) is 9.13. The summed E-state index contributed by atoms with van der Waals surface area (Å²) in [7, 11) is 0. The van der Waals surface area contributed by atoms with Gasteiger partial charge >= 0.3 is 0 Å². The molecule has 0 saturated heterocycles. The fourth-order valence-electron chi connectivity index (χ4n) is 2.27. The molecule has 1 unspecified atom stereocenters. The van der Waals surface area contributed by atoms with Crippen molar-refractivity contribution in [3.63, 3.8) is 0 Å². The summed E-state index contributed by atoms with van der Waals surface area (Å²) in [4.78, 5) is 0. The Labute approximate surface area is 100 Å². The van der Waals surface area contributed by atoms with Crippen LogP contribution in [0.5, 0.6) is 0 Å². The zero-order valence-corrected chi connectivity index (χ0v) is 10.9. The molecule has 16 heavy (non-hydrogen) atoms. The van der Waals surface area contributed by atoms with Gasteiger partial charge in [0.05, 0.1) is 0 Å². The van der Waals surface area contributed by atoms with E-state index in [0.29, 0.717) is 5.92 Å². The summed E-state index contributed by atoms with van der Waals surface area (Å²) in [6.45, 7) is 7.55. The van der Waals surface area contributed by atoms with Crippen LogP contribution in [0.4, 0.5) is 0 Å². The summed E-state index contributed by atoms with van der Waals surface area (Å²) in [6.07, 6.45) is 3.53. The molecule has 1 aromatic rings. The number of rotatable bonds is 6. The quantitative estimate of drug-likeness (QED) is 0.767. The van der Waals surface area contributed by atoms with Crippen molar-refractivity contribution in [2.24, 2.45) is 5.73 Å². The molecule has 1 heteroatoms. The fourth-order valence-corrected chi connectivity index (χ4v) is 2.27. The Balaban J connectivity index is 2.74. The largest absolute Gasteiger partial charge is 0.330 e. The highest BCUT2D eigenvalue weighted by molar-refractivity contribution is 5.27. The average Bonchev–Trinajstić information content (AvgIpc) is 2.32. The molecule has 90 valence electrons. The molecule has 2 N–H and O–H groups in total. The third-order valence-corrected chi connectivity index (χ3v) is 3.56. The summed E-state index contributed by atoms with van der Waals surface area (Å²) < 4.78 is 0. The predicted octanol–water partition coefficient (Wildman–Crippen LogP) is 4.04. The Hall–Kier alpha value is -0.820. The highest BCUT2D eigenvalue weighted by Gasteiger charge is 2.08.